The Morgan fingerprint density at radius 2 is 1.77 bits per heavy atom. The van der Waals surface area contributed by atoms with E-state index in [0.717, 1.165) is 25.0 Å². The third kappa shape index (κ3) is 4.04. The topological polar surface area (TPSA) is 51.1 Å². The van der Waals surface area contributed by atoms with E-state index in [1.807, 2.05) is 24.3 Å². The number of nitrogens with zero attached hydrogens (tertiary/aromatic N) is 2. The summed E-state index contributed by atoms with van der Waals surface area (Å²) < 4.78 is 0. The van der Waals surface area contributed by atoms with Gasteiger partial charge in [-0.2, -0.15) is 5.06 Å². The van der Waals surface area contributed by atoms with Crippen LogP contribution in [0.15, 0.2) is 65.8 Å². The van der Waals surface area contributed by atoms with Crippen LogP contribution in [0.25, 0.3) is 0 Å². The first-order valence-corrected chi connectivity index (χ1v) is 11.2. The second-order valence-electron chi connectivity index (χ2n) is 9.27. The number of carbonyl (C=O) groups is 1. The Balaban J connectivity index is 1.58. The Morgan fingerprint density at radius 1 is 1.13 bits per heavy atom. The van der Waals surface area contributed by atoms with Crippen molar-refractivity contribution in [3.8, 4) is 0 Å². The summed E-state index contributed by atoms with van der Waals surface area (Å²) in [5.74, 6) is -0.334. The van der Waals surface area contributed by atoms with Crippen LogP contribution in [0.5, 0.6) is 0 Å². The molecule has 0 aliphatic carbocycles. The Labute approximate surface area is 185 Å². The minimum Gasteiger partial charge on any atom is -0.313 e. The van der Waals surface area contributed by atoms with Gasteiger partial charge in [-0.15, -0.1) is 0 Å². The van der Waals surface area contributed by atoms with Gasteiger partial charge in [-0.25, -0.2) is 4.79 Å². The van der Waals surface area contributed by atoms with Crippen LogP contribution in [0.2, 0.25) is 0 Å². The zero-order valence-electron chi connectivity index (χ0n) is 18.9. The molecule has 4 rings (SSSR count). The van der Waals surface area contributed by atoms with Crippen LogP contribution in [0.3, 0.4) is 0 Å². The van der Waals surface area contributed by atoms with E-state index in [4.69, 9.17) is 9.68 Å². The number of hydroxylamine groups is 2. The Morgan fingerprint density at radius 3 is 2.42 bits per heavy atom. The lowest BCUT2D eigenvalue weighted by Crippen LogP contribution is -2.68. The molecule has 0 aromatic heterocycles. The highest BCUT2D eigenvalue weighted by Gasteiger charge is 2.56. The summed E-state index contributed by atoms with van der Waals surface area (Å²) >= 11 is 0. The fourth-order valence-corrected chi connectivity index (χ4v) is 5.01. The summed E-state index contributed by atoms with van der Waals surface area (Å²) in [7, 11) is 0. The largest absolute Gasteiger partial charge is 0.365 e. The summed E-state index contributed by atoms with van der Waals surface area (Å²) in [6.07, 6.45) is 3.61. The first-order valence-electron chi connectivity index (χ1n) is 11.2. The maximum Gasteiger partial charge on any atom is 0.365 e. The molecule has 2 aromatic carbocycles. The monoisotopic (exact) mass is 420 g/mol. The molecule has 2 fully saturated rings. The molecule has 4 atom stereocenters. The van der Waals surface area contributed by atoms with Crippen molar-refractivity contribution in [2.45, 2.75) is 70.6 Å². The van der Waals surface area contributed by atoms with E-state index in [0.29, 0.717) is 12.0 Å². The first kappa shape index (κ1) is 21.7. The van der Waals surface area contributed by atoms with Crippen LogP contribution >= 0.6 is 0 Å². The predicted molar refractivity (Wildman–Crippen MR) is 122 cm³/mol. The average Bonchev–Trinajstić information content (AvgIpc) is 2.81. The van der Waals surface area contributed by atoms with Crippen molar-refractivity contribution in [3.05, 3.63) is 71.8 Å². The van der Waals surface area contributed by atoms with E-state index in [1.54, 1.807) is 12.1 Å². The minimum absolute atomic E-state index is 0.0572. The molecule has 0 saturated carbocycles. The van der Waals surface area contributed by atoms with Gasteiger partial charge in [0, 0.05) is 17.9 Å². The lowest BCUT2D eigenvalue weighted by molar-refractivity contribution is -0.336. The number of rotatable bonds is 4. The van der Waals surface area contributed by atoms with Crippen molar-refractivity contribution in [3.63, 3.8) is 0 Å². The summed E-state index contributed by atoms with van der Waals surface area (Å²) in [5, 5.41) is 6.62. The number of fused-ring (bicyclic) bond motifs is 1. The highest BCUT2D eigenvalue weighted by atomic mass is 16.7. The summed E-state index contributed by atoms with van der Waals surface area (Å²) in [5.41, 5.74) is 2.20. The third-order valence-corrected chi connectivity index (χ3v) is 7.27. The maximum atomic E-state index is 12.4. The number of hydrogen-bond donors (Lipinski definition) is 0. The molecule has 2 aromatic rings. The van der Waals surface area contributed by atoms with Crippen molar-refractivity contribution in [1.29, 1.82) is 0 Å². The fraction of sp³-hybridized carbons (Fsp3) is 0.462. The zero-order chi connectivity index (χ0) is 22.1. The molecule has 0 spiro atoms. The molecule has 31 heavy (non-hydrogen) atoms. The zero-order valence-corrected chi connectivity index (χ0v) is 18.9. The molecule has 5 nitrogen and oxygen atoms in total. The quantitative estimate of drug-likeness (QED) is 0.454. The highest BCUT2D eigenvalue weighted by molar-refractivity contribution is 5.92. The maximum absolute atomic E-state index is 12.4. The van der Waals surface area contributed by atoms with Gasteiger partial charge >= 0.3 is 5.97 Å². The molecule has 2 aliphatic rings. The second-order valence-corrected chi connectivity index (χ2v) is 9.27. The molecule has 2 heterocycles. The average molecular weight is 421 g/mol. The van der Waals surface area contributed by atoms with Gasteiger partial charge in [-0.05, 0) is 50.8 Å². The third-order valence-electron chi connectivity index (χ3n) is 7.27. The van der Waals surface area contributed by atoms with Crippen LogP contribution in [0.1, 0.15) is 75.4 Å². The lowest BCUT2D eigenvalue weighted by Gasteiger charge is -2.60. The number of carbonyl (C=O) groups excluding carboxylic acids is 1. The highest BCUT2D eigenvalue weighted by Crippen LogP contribution is 2.50. The Bertz CT molecular complexity index is 946. The van der Waals surface area contributed by atoms with E-state index in [9.17, 15) is 4.79 Å². The first-order chi connectivity index (χ1) is 14.9. The number of benzene rings is 2. The number of oxime groups is 1. The van der Waals surface area contributed by atoms with Gasteiger partial charge in [0.15, 0.2) is 0 Å². The molecule has 0 bridgehead atoms. The van der Waals surface area contributed by atoms with Gasteiger partial charge < -0.3 is 4.84 Å². The van der Waals surface area contributed by atoms with E-state index in [-0.39, 0.29) is 23.1 Å². The summed E-state index contributed by atoms with van der Waals surface area (Å²) in [4.78, 5) is 24.5. The molecule has 0 N–H and O–H groups in total. The summed E-state index contributed by atoms with van der Waals surface area (Å²) in [6.45, 7) is 8.82. The van der Waals surface area contributed by atoms with Crippen LogP contribution in [0.4, 0.5) is 0 Å². The van der Waals surface area contributed by atoms with Crippen LogP contribution in [-0.2, 0) is 9.68 Å². The van der Waals surface area contributed by atoms with Gasteiger partial charge in [0.25, 0.3) is 0 Å². The van der Waals surface area contributed by atoms with Crippen molar-refractivity contribution >= 4 is 11.7 Å². The van der Waals surface area contributed by atoms with Gasteiger partial charge in [0.05, 0.1) is 16.8 Å². The molecular formula is C26H32N2O3. The normalized spacial score (nSPS) is 32.5. The minimum atomic E-state index is -0.421. The van der Waals surface area contributed by atoms with Crippen molar-refractivity contribution in [2.24, 2.45) is 11.1 Å². The van der Waals surface area contributed by atoms with Gasteiger partial charge in [0.1, 0.15) is 6.10 Å². The van der Waals surface area contributed by atoms with Crippen molar-refractivity contribution in [2.75, 3.05) is 0 Å². The fourth-order valence-electron chi connectivity index (χ4n) is 5.01. The lowest BCUT2D eigenvalue weighted by atomic mass is 9.68. The predicted octanol–water partition coefficient (Wildman–Crippen LogP) is 5.94. The molecule has 2 saturated heterocycles. The molecular weight excluding hydrogens is 388 g/mol. The Hall–Kier alpha value is -2.50. The van der Waals surface area contributed by atoms with E-state index < -0.39 is 5.97 Å². The number of hydrogen-bond acceptors (Lipinski definition) is 5. The van der Waals surface area contributed by atoms with Crippen LogP contribution < -0.4 is 0 Å². The molecule has 5 heteroatoms. The standard InChI is InChI=1S/C26H32N2O3/c1-5-26(4)19(2)22(27-30-24(29)21-14-10-7-11-15-21)18-25(3)17-16-23(31-28(25)26)20-12-8-6-9-13-20/h6-15,19,23H,5,16-18H2,1-4H3/b27-22-. The van der Waals surface area contributed by atoms with E-state index >= 15 is 0 Å². The van der Waals surface area contributed by atoms with Crippen molar-refractivity contribution in [1.82, 2.24) is 5.06 Å². The molecule has 4 unspecified atom stereocenters. The van der Waals surface area contributed by atoms with E-state index in [1.165, 1.54) is 5.56 Å². The molecule has 2 aliphatic heterocycles. The van der Waals surface area contributed by atoms with Crippen LogP contribution in [-0.4, -0.2) is 27.8 Å². The smallest absolute Gasteiger partial charge is 0.313 e. The molecule has 0 radical (unpaired) electrons. The van der Waals surface area contributed by atoms with Gasteiger partial charge in [-0.1, -0.05) is 67.5 Å². The second kappa shape index (κ2) is 8.56. The molecule has 164 valence electrons. The van der Waals surface area contributed by atoms with Gasteiger partial charge in [0.2, 0.25) is 0 Å². The summed E-state index contributed by atoms with van der Waals surface area (Å²) in [6, 6.07) is 19.4. The molecule has 0 amide bonds. The Kier molecular flexibility index (Phi) is 6.00. The van der Waals surface area contributed by atoms with Crippen LogP contribution in [0, 0.1) is 5.92 Å². The number of piperidine rings is 1. The van der Waals surface area contributed by atoms with E-state index in [2.05, 4.69) is 62.2 Å². The van der Waals surface area contributed by atoms with Gasteiger partial charge in [-0.3, -0.25) is 4.84 Å². The van der Waals surface area contributed by atoms with Crippen molar-refractivity contribution < 1.29 is 14.5 Å². The SMILES string of the molecule is CCC1(C)C(C)/C(=N\OC(=O)c2ccccc2)CC2(C)CCC(c3ccccc3)ON21.